The Balaban J connectivity index is 1.60. The van der Waals surface area contributed by atoms with Gasteiger partial charge in [-0.2, -0.15) is 0 Å². The normalized spacial score (nSPS) is 26.4. The summed E-state index contributed by atoms with van der Waals surface area (Å²) in [6.45, 7) is 3.54. The van der Waals surface area contributed by atoms with Crippen LogP contribution in [0.4, 0.5) is 0 Å². The minimum atomic E-state index is -0.0572. The molecular formula is C14H23N5O. The Morgan fingerprint density at radius 1 is 1.40 bits per heavy atom. The van der Waals surface area contributed by atoms with Gasteiger partial charge in [0.25, 0.3) is 5.91 Å². The zero-order valence-electron chi connectivity index (χ0n) is 11.8. The van der Waals surface area contributed by atoms with Crippen LogP contribution >= 0.6 is 0 Å². The summed E-state index contributed by atoms with van der Waals surface area (Å²) < 4.78 is 1.86. The molecule has 0 saturated carbocycles. The van der Waals surface area contributed by atoms with Crippen LogP contribution in [0.3, 0.4) is 0 Å². The molecule has 2 saturated heterocycles. The average Bonchev–Trinajstić information content (AvgIpc) is 3.07. The molecular weight excluding hydrogens is 254 g/mol. The summed E-state index contributed by atoms with van der Waals surface area (Å²) in [6.07, 6.45) is 8.27. The van der Waals surface area contributed by atoms with E-state index in [9.17, 15) is 4.79 Å². The van der Waals surface area contributed by atoms with E-state index in [0.717, 1.165) is 13.0 Å². The highest BCUT2D eigenvalue weighted by Gasteiger charge is 2.36. The number of nitrogens with two attached hydrogens (primary N) is 1. The third-order valence-electron chi connectivity index (χ3n) is 4.43. The fourth-order valence-corrected chi connectivity index (χ4v) is 3.41. The monoisotopic (exact) mass is 277 g/mol. The molecule has 3 heterocycles. The van der Waals surface area contributed by atoms with Crippen molar-refractivity contribution in [2.24, 2.45) is 5.73 Å². The molecule has 110 valence electrons. The highest BCUT2D eigenvalue weighted by Crippen LogP contribution is 2.27. The molecule has 0 radical (unpaired) electrons. The van der Waals surface area contributed by atoms with Crippen molar-refractivity contribution in [3.8, 4) is 0 Å². The van der Waals surface area contributed by atoms with Gasteiger partial charge in [0.1, 0.15) is 5.69 Å². The fourth-order valence-electron chi connectivity index (χ4n) is 3.41. The number of carbonyl (C=O) groups excluding carboxylic acids is 1. The molecule has 3 N–H and O–H groups in total. The zero-order valence-corrected chi connectivity index (χ0v) is 11.8. The summed E-state index contributed by atoms with van der Waals surface area (Å²) in [5.41, 5.74) is 5.99. The Morgan fingerprint density at radius 3 is 3.15 bits per heavy atom. The Hall–Kier alpha value is -1.40. The van der Waals surface area contributed by atoms with Crippen molar-refractivity contribution < 1.29 is 4.79 Å². The van der Waals surface area contributed by atoms with Crippen LogP contribution in [0.5, 0.6) is 0 Å². The molecule has 0 spiro atoms. The number of nitrogens with one attached hydrogen (secondary N) is 1. The van der Waals surface area contributed by atoms with Crippen molar-refractivity contribution in [3.05, 3.63) is 18.2 Å². The number of piperidine rings is 1. The second-order valence-electron chi connectivity index (χ2n) is 5.75. The molecule has 1 amide bonds. The third kappa shape index (κ3) is 2.71. The first kappa shape index (κ1) is 13.6. The highest BCUT2D eigenvalue weighted by atomic mass is 16.2. The maximum Gasteiger partial charge on any atom is 0.271 e. The van der Waals surface area contributed by atoms with E-state index < -0.39 is 0 Å². The van der Waals surface area contributed by atoms with Gasteiger partial charge in [0.05, 0.1) is 6.33 Å². The Morgan fingerprint density at radius 2 is 2.30 bits per heavy atom. The van der Waals surface area contributed by atoms with Crippen molar-refractivity contribution in [1.29, 1.82) is 0 Å². The lowest BCUT2D eigenvalue weighted by Crippen LogP contribution is -2.46. The first-order chi connectivity index (χ1) is 9.78. The number of aromatic nitrogens is 2. The van der Waals surface area contributed by atoms with Crippen molar-refractivity contribution in [3.63, 3.8) is 0 Å². The number of carbonyl (C=O) groups is 1. The first-order valence-electron chi connectivity index (χ1n) is 7.54. The van der Waals surface area contributed by atoms with Crippen molar-refractivity contribution in [2.45, 2.75) is 44.3 Å². The van der Waals surface area contributed by atoms with Gasteiger partial charge in [0.2, 0.25) is 0 Å². The maximum absolute atomic E-state index is 12.3. The van der Waals surface area contributed by atoms with Crippen LogP contribution in [0.15, 0.2) is 12.5 Å². The van der Waals surface area contributed by atoms with E-state index in [2.05, 4.69) is 15.2 Å². The molecule has 6 nitrogen and oxygen atoms in total. The minimum absolute atomic E-state index is 0.0572. The van der Waals surface area contributed by atoms with Crippen LogP contribution in [-0.2, 0) is 6.54 Å². The number of hydrogen-bond acceptors (Lipinski definition) is 4. The van der Waals surface area contributed by atoms with Crippen LogP contribution in [0.1, 0.15) is 36.2 Å². The van der Waals surface area contributed by atoms with Gasteiger partial charge in [-0.05, 0) is 25.8 Å². The SMILES string of the molecule is NCCn1cnc(C(=O)NC2CCN3CCCCC23)c1. The van der Waals surface area contributed by atoms with E-state index in [1.165, 1.54) is 25.8 Å². The summed E-state index contributed by atoms with van der Waals surface area (Å²) in [4.78, 5) is 18.9. The van der Waals surface area contributed by atoms with Gasteiger partial charge < -0.3 is 15.6 Å². The topological polar surface area (TPSA) is 76.2 Å². The van der Waals surface area contributed by atoms with E-state index in [0.29, 0.717) is 24.8 Å². The zero-order chi connectivity index (χ0) is 13.9. The lowest BCUT2D eigenvalue weighted by Gasteiger charge is -2.32. The van der Waals surface area contributed by atoms with Crippen LogP contribution in [-0.4, -0.2) is 52.1 Å². The standard InChI is InChI=1S/C14H23N5O/c15-5-8-18-9-12(16-10-18)14(20)17-11-4-7-19-6-2-1-3-13(11)19/h9-11,13H,1-8,15H2,(H,17,20). The number of imidazole rings is 1. The lowest BCUT2D eigenvalue weighted by atomic mass is 9.99. The molecule has 2 unspecified atom stereocenters. The highest BCUT2D eigenvalue weighted by molar-refractivity contribution is 5.92. The average molecular weight is 277 g/mol. The van der Waals surface area contributed by atoms with Crippen molar-refractivity contribution in [1.82, 2.24) is 19.8 Å². The summed E-state index contributed by atoms with van der Waals surface area (Å²) in [6, 6.07) is 0.807. The van der Waals surface area contributed by atoms with Gasteiger partial charge in [0.15, 0.2) is 0 Å². The van der Waals surface area contributed by atoms with Crippen LogP contribution in [0.2, 0.25) is 0 Å². The second-order valence-corrected chi connectivity index (χ2v) is 5.75. The molecule has 1 aromatic rings. The molecule has 2 fully saturated rings. The molecule has 1 aromatic heterocycles. The van der Waals surface area contributed by atoms with E-state index >= 15 is 0 Å². The number of amides is 1. The smallest absolute Gasteiger partial charge is 0.271 e. The Labute approximate surface area is 119 Å². The fraction of sp³-hybridized carbons (Fsp3) is 0.714. The van der Waals surface area contributed by atoms with Gasteiger partial charge in [0, 0.05) is 37.9 Å². The summed E-state index contributed by atoms with van der Waals surface area (Å²) >= 11 is 0. The van der Waals surface area contributed by atoms with Crippen LogP contribution < -0.4 is 11.1 Å². The molecule has 2 atom stereocenters. The lowest BCUT2D eigenvalue weighted by molar-refractivity contribution is 0.0910. The second kappa shape index (κ2) is 5.93. The number of rotatable bonds is 4. The maximum atomic E-state index is 12.3. The predicted molar refractivity (Wildman–Crippen MR) is 76.4 cm³/mol. The molecule has 2 aliphatic rings. The van der Waals surface area contributed by atoms with Gasteiger partial charge >= 0.3 is 0 Å². The number of hydrogen-bond donors (Lipinski definition) is 2. The van der Waals surface area contributed by atoms with Gasteiger partial charge in [-0.15, -0.1) is 0 Å². The summed E-state index contributed by atoms with van der Waals surface area (Å²) in [7, 11) is 0. The third-order valence-corrected chi connectivity index (χ3v) is 4.43. The minimum Gasteiger partial charge on any atom is -0.346 e. The Bertz CT molecular complexity index is 472. The van der Waals surface area contributed by atoms with Gasteiger partial charge in [-0.25, -0.2) is 4.98 Å². The van der Waals surface area contributed by atoms with E-state index in [-0.39, 0.29) is 11.9 Å². The van der Waals surface area contributed by atoms with Crippen molar-refractivity contribution >= 4 is 5.91 Å². The number of fused-ring (bicyclic) bond motifs is 1. The molecule has 6 heteroatoms. The van der Waals surface area contributed by atoms with E-state index in [1.54, 1.807) is 12.5 Å². The Kier molecular flexibility index (Phi) is 4.03. The first-order valence-corrected chi connectivity index (χ1v) is 7.54. The molecule has 20 heavy (non-hydrogen) atoms. The van der Waals surface area contributed by atoms with Gasteiger partial charge in [-0.3, -0.25) is 9.69 Å². The summed E-state index contributed by atoms with van der Waals surface area (Å²) in [5.74, 6) is -0.0572. The van der Waals surface area contributed by atoms with Crippen LogP contribution in [0, 0.1) is 0 Å². The predicted octanol–water partition coefficient (Wildman–Crippen LogP) is 0.198. The van der Waals surface area contributed by atoms with Crippen molar-refractivity contribution in [2.75, 3.05) is 19.6 Å². The largest absolute Gasteiger partial charge is 0.346 e. The van der Waals surface area contributed by atoms with E-state index in [4.69, 9.17) is 5.73 Å². The molecule has 2 aliphatic heterocycles. The van der Waals surface area contributed by atoms with E-state index in [1.807, 2.05) is 4.57 Å². The molecule has 0 bridgehead atoms. The molecule has 0 aliphatic carbocycles. The quantitative estimate of drug-likeness (QED) is 0.824. The number of nitrogens with zero attached hydrogens (tertiary/aromatic N) is 3. The van der Waals surface area contributed by atoms with Crippen LogP contribution in [0.25, 0.3) is 0 Å². The van der Waals surface area contributed by atoms with Gasteiger partial charge in [-0.1, -0.05) is 6.42 Å². The summed E-state index contributed by atoms with van der Waals surface area (Å²) in [5, 5.41) is 3.16. The molecule has 0 aromatic carbocycles. The molecule has 3 rings (SSSR count).